The number of nitrogens with zero attached hydrogens (tertiary/aromatic N) is 4. The summed E-state index contributed by atoms with van der Waals surface area (Å²) in [5, 5.41) is 4.81. The largest absolute Gasteiger partial charge is 0.356 e. The van der Waals surface area contributed by atoms with Crippen molar-refractivity contribution in [3.05, 3.63) is 63.3 Å². The van der Waals surface area contributed by atoms with Crippen LogP contribution in [-0.2, 0) is 0 Å². The molecule has 0 saturated carbocycles. The summed E-state index contributed by atoms with van der Waals surface area (Å²) in [6.45, 7) is 5.04. The SMILES string of the molecule is Cc1cc(-c2cnc(C)nc2C2CCN(C(=O)c3ccc(Cl)c(Cl)c3)CC2)on1. The smallest absolute Gasteiger partial charge is 0.253 e. The third-order valence-electron chi connectivity index (χ3n) is 5.17. The zero-order valence-corrected chi connectivity index (χ0v) is 17.7. The minimum atomic E-state index is -0.0352. The van der Waals surface area contributed by atoms with Gasteiger partial charge in [-0.2, -0.15) is 0 Å². The maximum Gasteiger partial charge on any atom is 0.253 e. The molecule has 0 unspecified atom stereocenters. The topological polar surface area (TPSA) is 72.1 Å². The second kappa shape index (κ2) is 8.13. The third kappa shape index (κ3) is 4.14. The number of likely N-dealkylation sites (tertiary alicyclic amines) is 1. The summed E-state index contributed by atoms with van der Waals surface area (Å²) in [7, 11) is 0. The molecular weight excluding hydrogens is 411 g/mol. The number of hydrogen-bond acceptors (Lipinski definition) is 5. The van der Waals surface area contributed by atoms with Crippen LogP contribution in [0.1, 0.15) is 46.3 Å². The Bertz CT molecular complexity index is 1060. The molecule has 3 aromatic rings. The Morgan fingerprint density at radius 2 is 1.90 bits per heavy atom. The van der Waals surface area contributed by atoms with Crippen molar-refractivity contribution in [2.45, 2.75) is 32.6 Å². The molecule has 6 nitrogen and oxygen atoms in total. The van der Waals surface area contributed by atoms with Crippen LogP contribution in [0.5, 0.6) is 0 Å². The molecule has 0 N–H and O–H groups in total. The van der Waals surface area contributed by atoms with E-state index in [0.717, 1.165) is 29.8 Å². The Hall–Kier alpha value is -2.44. The number of carbonyl (C=O) groups excluding carboxylic acids is 1. The van der Waals surface area contributed by atoms with Crippen LogP contribution in [0, 0.1) is 13.8 Å². The Labute approximate surface area is 178 Å². The van der Waals surface area contributed by atoms with Crippen LogP contribution < -0.4 is 0 Å². The van der Waals surface area contributed by atoms with Crippen LogP contribution in [0.2, 0.25) is 10.0 Å². The molecule has 3 heterocycles. The first-order valence-electron chi connectivity index (χ1n) is 9.44. The highest BCUT2D eigenvalue weighted by Crippen LogP contribution is 2.34. The van der Waals surface area contributed by atoms with Gasteiger partial charge in [-0.15, -0.1) is 0 Å². The average Bonchev–Trinajstić information content (AvgIpc) is 3.15. The van der Waals surface area contributed by atoms with E-state index in [-0.39, 0.29) is 11.8 Å². The Balaban J connectivity index is 1.52. The Kier molecular flexibility index (Phi) is 5.56. The molecule has 4 rings (SSSR count). The molecule has 8 heteroatoms. The highest BCUT2D eigenvalue weighted by atomic mass is 35.5. The highest BCUT2D eigenvalue weighted by Gasteiger charge is 2.28. The van der Waals surface area contributed by atoms with Crippen LogP contribution in [0.25, 0.3) is 11.3 Å². The fraction of sp³-hybridized carbons (Fsp3) is 0.333. The molecule has 2 aromatic heterocycles. The van der Waals surface area contributed by atoms with E-state index in [9.17, 15) is 4.79 Å². The van der Waals surface area contributed by atoms with Gasteiger partial charge in [0.2, 0.25) is 0 Å². The minimum Gasteiger partial charge on any atom is -0.356 e. The van der Waals surface area contributed by atoms with E-state index in [1.165, 1.54) is 0 Å². The Morgan fingerprint density at radius 3 is 2.55 bits per heavy atom. The van der Waals surface area contributed by atoms with Gasteiger partial charge < -0.3 is 9.42 Å². The van der Waals surface area contributed by atoms with Crippen molar-refractivity contribution >= 4 is 29.1 Å². The molecule has 0 bridgehead atoms. The fourth-order valence-corrected chi connectivity index (χ4v) is 3.94. The van der Waals surface area contributed by atoms with Crippen LogP contribution in [-0.4, -0.2) is 39.0 Å². The van der Waals surface area contributed by atoms with E-state index in [1.54, 1.807) is 24.4 Å². The van der Waals surface area contributed by atoms with Crippen LogP contribution in [0.15, 0.2) is 35.0 Å². The van der Waals surface area contributed by atoms with Gasteiger partial charge in [0.05, 0.1) is 27.0 Å². The molecule has 1 aromatic carbocycles. The van der Waals surface area contributed by atoms with E-state index < -0.39 is 0 Å². The lowest BCUT2D eigenvalue weighted by Gasteiger charge is -2.32. The van der Waals surface area contributed by atoms with E-state index in [1.807, 2.05) is 24.8 Å². The average molecular weight is 431 g/mol. The zero-order chi connectivity index (χ0) is 20.5. The van der Waals surface area contributed by atoms with Crippen molar-refractivity contribution in [3.63, 3.8) is 0 Å². The van der Waals surface area contributed by atoms with Gasteiger partial charge in [0.1, 0.15) is 5.82 Å². The second-order valence-corrected chi connectivity index (χ2v) is 8.06. The molecular formula is C21H20Cl2N4O2. The molecule has 1 fully saturated rings. The highest BCUT2D eigenvalue weighted by molar-refractivity contribution is 6.42. The van der Waals surface area contributed by atoms with Crippen molar-refractivity contribution in [1.29, 1.82) is 0 Å². The number of rotatable bonds is 3. The van der Waals surface area contributed by atoms with Gasteiger partial charge >= 0.3 is 0 Å². The number of carbonyl (C=O) groups is 1. The second-order valence-electron chi connectivity index (χ2n) is 7.24. The number of benzene rings is 1. The molecule has 0 spiro atoms. The fourth-order valence-electron chi connectivity index (χ4n) is 3.65. The summed E-state index contributed by atoms with van der Waals surface area (Å²) in [4.78, 5) is 23.7. The normalized spacial score (nSPS) is 15.0. The van der Waals surface area contributed by atoms with E-state index in [4.69, 9.17) is 32.7 Å². The molecule has 1 saturated heterocycles. The standard InChI is InChI=1S/C21H20Cl2N4O2/c1-12-9-19(29-26-12)16-11-24-13(2)25-20(16)14-5-7-27(8-6-14)21(28)15-3-4-17(22)18(23)10-15/h3-4,9-11,14H,5-8H2,1-2H3. The van der Waals surface area contributed by atoms with Gasteiger partial charge in [0, 0.05) is 36.8 Å². The van der Waals surface area contributed by atoms with Crippen molar-refractivity contribution < 1.29 is 9.32 Å². The summed E-state index contributed by atoms with van der Waals surface area (Å²) in [6.07, 6.45) is 3.41. The molecule has 1 amide bonds. The van der Waals surface area contributed by atoms with Gasteiger partial charge in [-0.1, -0.05) is 28.4 Å². The molecule has 0 aliphatic carbocycles. The first-order chi connectivity index (χ1) is 13.9. The van der Waals surface area contributed by atoms with Crippen LogP contribution in [0.3, 0.4) is 0 Å². The van der Waals surface area contributed by atoms with Gasteiger partial charge in [0.25, 0.3) is 5.91 Å². The summed E-state index contributed by atoms with van der Waals surface area (Å²) in [5.74, 6) is 1.57. The molecule has 0 radical (unpaired) electrons. The lowest BCUT2D eigenvalue weighted by molar-refractivity contribution is 0.0712. The summed E-state index contributed by atoms with van der Waals surface area (Å²) >= 11 is 12.0. The number of piperidine rings is 1. The van der Waals surface area contributed by atoms with E-state index in [0.29, 0.717) is 40.3 Å². The zero-order valence-electron chi connectivity index (χ0n) is 16.2. The first kappa shape index (κ1) is 19.9. The molecule has 150 valence electrons. The number of halogens is 2. The molecule has 1 aliphatic rings. The molecule has 29 heavy (non-hydrogen) atoms. The summed E-state index contributed by atoms with van der Waals surface area (Å²) in [5.41, 5.74) is 3.18. The van der Waals surface area contributed by atoms with Crippen LogP contribution >= 0.6 is 23.2 Å². The first-order valence-corrected chi connectivity index (χ1v) is 10.2. The predicted molar refractivity (Wildman–Crippen MR) is 111 cm³/mol. The van der Waals surface area contributed by atoms with Gasteiger partial charge in [0.15, 0.2) is 5.76 Å². The molecule has 0 atom stereocenters. The van der Waals surface area contributed by atoms with Gasteiger partial charge in [-0.3, -0.25) is 4.79 Å². The van der Waals surface area contributed by atoms with Crippen LogP contribution in [0.4, 0.5) is 0 Å². The van der Waals surface area contributed by atoms with Crippen molar-refractivity contribution in [1.82, 2.24) is 20.0 Å². The van der Waals surface area contributed by atoms with E-state index >= 15 is 0 Å². The number of aryl methyl sites for hydroxylation is 2. The van der Waals surface area contributed by atoms with Gasteiger partial charge in [-0.25, -0.2) is 9.97 Å². The number of aromatic nitrogens is 3. The summed E-state index contributed by atoms with van der Waals surface area (Å²) < 4.78 is 5.44. The maximum atomic E-state index is 12.8. The van der Waals surface area contributed by atoms with Crippen molar-refractivity contribution in [2.75, 3.05) is 13.1 Å². The lowest BCUT2D eigenvalue weighted by atomic mass is 9.90. The summed E-state index contributed by atoms with van der Waals surface area (Å²) in [6, 6.07) is 6.87. The number of hydrogen-bond donors (Lipinski definition) is 0. The van der Waals surface area contributed by atoms with Crippen molar-refractivity contribution in [2.24, 2.45) is 0 Å². The lowest BCUT2D eigenvalue weighted by Crippen LogP contribution is -2.38. The van der Waals surface area contributed by atoms with Crippen molar-refractivity contribution in [3.8, 4) is 11.3 Å². The minimum absolute atomic E-state index is 0.0352. The predicted octanol–water partition coefficient (Wildman–Crippen LogP) is 5.08. The van der Waals surface area contributed by atoms with E-state index in [2.05, 4.69) is 10.1 Å². The number of amides is 1. The quantitative estimate of drug-likeness (QED) is 0.579. The monoisotopic (exact) mass is 430 g/mol. The maximum absolute atomic E-state index is 12.8. The third-order valence-corrected chi connectivity index (χ3v) is 5.91. The Morgan fingerprint density at radius 1 is 1.14 bits per heavy atom. The van der Waals surface area contributed by atoms with Gasteiger partial charge in [-0.05, 0) is 44.9 Å². The molecule has 1 aliphatic heterocycles.